The van der Waals surface area contributed by atoms with Crippen molar-refractivity contribution in [3.8, 4) is 0 Å². The van der Waals surface area contributed by atoms with Gasteiger partial charge in [0, 0.05) is 6.54 Å². The molecule has 1 aliphatic heterocycles. The Bertz CT molecular complexity index is 355. The highest BCUT2D eigenvalue weighted by molar-refractivity contribution is 5.87. The fourth-order valence-electron chi connectivity index (χ4n) is 3.14. The van der Waals surface area contributed by atoms with Crippen LogP contribution in [-0.4, -0.2) is 40.8 Å². The van der Waals surface area contributed by atoms with Crippen LogP contribution in [0.1, 0.15) is 38.5 Å². The second-order valence-electron chi connectivity index (χ2n) is 5.21. The van der Waals surface area contributed by atoms with Crippen molar-refractivity contribution in [3.05, 3.63) is 0 Å². The van der Waals surface area contributed by atoms with E-state index < -0.39 is 17.8 Å². The molecule has 18 heavy (non-hydrogen) atoms. The molecule has 2 rings (SSSR count). The molecule has 1 saturated carbocycles. The number of nitrogens with zero attached hydrogens (tertiary/aromatic N) is 1. The van der Waals surface area contributed by atoms with Crippen molar-refractivity contribution in [2.24, 2.45) is 11.8 Å². The molecule has 2 aliphatic rings. The van der Waals surface area contributed by atoms with E-state index in [1.54, 1.807) is 4.90 Å². The lowest BCUT2D eigenvalue weighted by atomic mass is 9.78. The molecular weight excluding hydrogens is 234 g/mol. The van der Waals surface area contributed by atoms with Gasteiger partial charge in [-0.1, -0.05) is 12.8 Å². The summed E-state index contributed by atoms with van der Waals surface area (Å²) in [4.78, 5) is 36.1. The lowest BCUT2D eigenvalue weighted by Gasteiger charge is -2.32. The normalized spacial score (nSPS) is 32.2. The molecule has 5 nitrogen and oxygen atoms in total. The number of hydrogen-bond acceptors (Lipinski definition) is 3. The largest absolute Gasteiger partial charge is 0.481 e. The molecule has 1 N–H and O–H groups in total. The lowest BCUT2D eigenvalue weighted by Crippen LogP contribution is -2.45. The summed E-state index contributed by atoms with van der Waals surface area (Å²) in [5.74, 6) is -2.01. The first-order valence-corrected chi connectivity index (χ1v) is 6.63. The van der Waals surface area contributed by atoms with Crippen LogP contribution in [0.3, 0.4) is 0 Å². The standard InChI is InChI=1S/C13H19NO4/c15-8-9-4-3-7-14(9)12(16)10-5-1-2-6-11(10)13(17)18/h8-11H,1-7H2,(H,17,18). The van der Waals surface area contributed by atoms with Crippen molar-refractivity contribution in [1.82, 2.24) is 4.90 Å². The third-order valence-corrected chi connectivity index (χ3v) is 4.14. The third-order valence-electron chi connectivity index (χ3n) is 4.14. The molecule has 2 fully saturated rings. The smallest absolute Gasteiger partial charge is 0.307 e. The van der Waals surface area contributed by atoms with E-state index in [-0.39, 0.29) is 11.9 Å². The third kappa shape index (κ3) is 2.40. The van der Waals surface area contributed by atoms with Crippen LogP contribution in [-0.2, 0) is 14.4 Å². The second-order valence-corrected chi connectivity index (χ2v) is 5.21. The fraction of sp³-hybridized carbons (Fsp3) is 0.769. The summed E-state index contributed by atoms with van der Waals surface area (Å²) in [5, 5.41) is 9.18. The molecule has 0 bridgehead atoms. The Morgan fingerprint density at radius 2 is 1.72 bits per heavy atom. The van der Waals surface area contributed by atoms with Gasteiger partial charge in [0.1, 0.15) is 6.29 Å². The van der Waals surface area contributed by atoms with Gasteiger partial charge in [-0.25, -0.2) is 0 Å². The van der Waals surface area contributed by atoms with Crippen LogP contribution in [0.2, 0.25) is 0 Å². The molecule has 100 valence electrons. The number of aldehydes is 1. The summed E-state index contributed by atoms with van der Waals surface area (Å²) in [6.45, 7) is 0.588. The van der Waals surface area contributed by atoms with Gasteiger partial charge in [-0.2, -0.15) is 0 Å². The predicted molar refractivity (Wildman–Crippen MR) is 63.9 cm³/mol. The molecule has 1 aliphatic carbocycles. The molecule has 5 heteroatoms. The molecule has 3 unspecified atom stereocenters. The van der Waals surface area contributed by atoms with E-state index in [4.69, 9.17) is 0 Å². The number of aliphatic carboxylic acids is 1. The summed E-state index contributed by atoms with van der Waals surface area (Å²) in [6, 6.07) is -0.339. The van der Waals surface area contributed by atoms with Crippen molar-refractivity contribution >= 4 is 18.2 Å². The van der Waals surface area contributed by atoms with Crippen LogP contribution < -0.4 is 0 Å². The average Bonchev–Trinajstić information content (AvgIpc) is 2.86. The van der Waals surface area contributed by atoms with E-state index in [1.165, 1.54) is 0 Å². The zero-order chi connectivity index (χ0) is 13.1. The van der Waals surface area contributed by atoms with Gasteiger partial charge in [-0.15, -0.1) is 0 Å². The number of hydrogen-bond donors (Lipinski definition) is 1. The molecule has 0 aromatic heterocycles. The molecule has 0 aromatic rings. The number of amides is 1. The maximum absolute atomic E-state index is 12.4. The molecule has 0 radical (unpaired) electrons. The van der Waals surface area contributed by atoms with Crippen molar-refractivity contribution in [2.45, 2.75) is 44.6 Å². The highest BCUT2D eigenvalue weighted by Crippen LogP contribution is 2.33. The van der Waals surface area contributed by atoms with Crippen LogP contribution >= 0.6 is 0 Å². The summed E-state index contributed by atoms with van der Waals surface area (Å²) in [7, 11) is 0. The number of carbonyl (C=O) groups is 3. The molecular formula is C13H19NO4. The van der Waals surface area contributed by atoms with Gasteiger partial charge in [-0.3, -0.25) is 9.59 Å². The maximum Gasteiger partial charge on any atom is 0.307 e. The van der Waals surface area contributed by atoms with Crippen LogP contribution in [0.25, 0.3) is 0 Å². The Hall–Kier alpha value is -1.39. The van der Waals surface area contributed by atoms with E-state index in [9.17, 15) is 19.5 Å². The summed E-state index contributed by atoms with van der Waals surface area (Å²) < 4.78 is 0. The zero-order valence-corrected chi connectivity index (χ0v) is 10.4. The molecule has 0 aromatic carbocycles. The number of likely N-dealkylation sites (tertiary alicyclic amines) is 1. The van der Waals surface area contributed by atoms with Crippen LogP contribution in [0.15, 0.2) is 0 Å². The van der Waals surface area contributed by atoms with Gasteiger partial charge in [-0.05, 0) is 25.7 Å². The first kappa shape index (κ1) is 13.1. The fourth-order valence-corrected chi connectivity index (χ4v) is 3.14. The summed E-state index contributed by atoms with van der Waals surface area (Å²) in [5.41, 5.74) is 0. The van der Waals surface area contributed by atoms with E-state index in [0.29, 0.717) is 25.8 Å². The highest BCUT2D eigenvalue weighted by atomic mass is 16.4. The quantitative estimate of drug-likeness (QED) is 0.763. The number of carbonyl (C=O) groups excluding carboxylic acids is 2. The Morgan fingerprint density at radius 3 is 2.33 bits per heavy atom. The van der Waals surface area contributed by atoms with Gasteiger partial charge < -0.3 is 14.8 Å². The molecule has 0 spiro atoms. The topological polar surface area (TPSA) is 74.7 Å². The van der Waals surface area contributed by atoms with Crippen LogP contribution in [0.4, 0.5) is 0 Å². The predicted octanol–water partition coefficient (Wildman–Crippen LogP) is 1.07. The van der Waals surface area contributed by atoms with Gasteiger partial charge in [0.2, 0.25) is 5.91 Å². The van der Waals surface area contributed by atoms with Crippen molar-refractivity contribution in [3.63, 3.8) is 0 Å². The Morgan fingerprint density at radius 1 is 1.06 bits per heavy atom. The highest BCUT2D eigenvalue weighted by Gasteiger charge is 2.40. The lowest BCUT2D eigenvalue weighted by molar-refractivity contribution is -0.152. The van der Waals surface area contributed by atoms with Gasteiger partial charge in [0.15, 0.2) is 0 Å². The second kappa shape index (κ2) is 5.50. The number of rotatable bonds is 3. The SMILES string of the molecule is O=CC1CCCN1C(=O)C1CCCCC1C(=O)O. The molecule has 3 atom stereocenters. The first-order chi connectivity index (χ1) is 8.65. The maximum atomic E-state index is 12.4. The van der Waals surface area contributed by atoms with E-state index in [2.05, 4.69) is 0 Å². The number of carboxylic acid groups (broad SMARTS) is 1. The van der Waals surface area contributed by atoms with Crippen molar-refractivity contribution in [2.75, 3.05) is 6.54 Å². The van der Waals surface area contributed by atoms with Gasteiger partial charge in [0.25, 0.3) is 0 Å². The molecule has 1 amide bonds. The number of carboxylic acids is 1. The monoisotopic (exact) mass is 253 g/mol. The zero-order valence-electron chi connectivity index (χ0n) is 10.4. The van der Waals surface area contributed by atoms with Crippen molar-refractivity contribution in [1.29, 1.82) is 0 Å². The molecule has 1 heterocycles. The van der Waals surface area contributed by atoms with Crippen molar-refractivity contribution < 1.29 is 19.5 Å². The van der Waals surface area contributed by atoms with Gasteiger partial charge in [0.05, 0.1) is 17.9 Å². The minimum atomic E-state index is -0.880. The van der Waals surface area contributed by atoms with E-state index in [1.807, 2.05) is 0 Å². The van der Waals surface area contributed by atoms with E-state index >= 15 is 0 Å². The summed E-state index contributed by atoms with van der Waals surface area (Å²) in [6.07, 6.45) is 5.34. The minimum Gasteiger partial charge on any atom is -0.481 e. The first-order valence-electron chi connectivity index (χ1n) is 6.63. The summed E-state index contributed by atoms with van der Waals surface area (Å²) >= 11 is 0. The van der Waals surface area contributed by atoms with Gasteiger partial charge >= 0.3 is 5.97 Å². The average molecular weight is 253 g/mol. The minimum absolute atomic E-state index is 0.128. The van der Waals surface area contributed by atoms with Crippen LogP contribution in [0.5, 0.6) is 0 Å². The van der Waals surface area contributed by atoms with Crippen LogP contribution in [0, 0.1) is 11.8 Å². The Kier molecular flexibility index (Phi) is 3.99. The Labute approximate surface area is 106 Å². The molecule has 1 saturated heterocycles. The Balaban J connectivity index is 2.10. The van der Waals surface area contributed by atoms with E-state index in [0.717, 1.165) is 25.5 Å².